The van der Waals surface area contributed by atoms with E-state index in [1.54, 1.807) is 18.2 Å². The lowest BCUT2D eigenvalue weighted by Crippen LogP contribution is -2.29. The minimum atomic E-state index is 0.238. The van der Waals surface area contributed by atoms with E-state index in [0.29, 0.717) is 16.9 Å². The molecular formula is C15H20N4. The number of anilines is 2. The molecule has 1 aliphatic heterocycles. The molecule has 100 valence electrons. The van der Waals surface area contributed by atoms with Gasteiger partial charge in [0.2, 0.25) is 0 Å². The minimum absolute atomic E-state index is 0.238. The topological polar surface area (TPSA) is 79.1 Å². The summed E-state index contributed by atoms with van der Waals surface area (Å²) in [5.74, 6) is 5.93. The lowest BCUT2D eigenvalue weighted by atomic mass is 10.1. The van der Waals surface area contributed by atoms with Crippen LogP contribution in [0.2, 0.25) is 0 Å². The number of hydrogen-bond donors (Lipinski definition) is 3. The zero-order chi connectivity index (χ0) is 13.7. The first-order valence-corrected chi connectivity index (χ1v) is 6.62. The number of piperidine rings is 1. The third-order valence-corrected chi connectivity index (χ3v) is 3.31. The molecule has 1 aliphatic rings. The number of hydrogen-bond acceptors (Lipinski definition) is 4. The SMILES string of the molecule is N=C(C#CCN1CCCCC1)c1cc(N)ccc1N. The van der Waals surface area contributed by atoms with Gasteiger partial charge in [0.1, 0.15) is 5.71 Å². The van der Waals surface area contributed by atoms with Crippen molar-refractivity contribution in [2.45, 2.75) is 19.3 Å². The van der Waals surface area contributed by atoms with E-state index >= 15 is 0 Å². The summed E-state index contributed by atoms with van der Waals surface area (Å²) in [7, 11) is 0. The van der Waals surface area contributed by atoms with Gasteiger partial charge in [-0.2, -0.15) is 0 Å². The number of nitrogens with zero attached hydrogens (tertiary/aromatic N) is 1. The van der Waals surface area contributed by atoms with Crippen LogP contribution in [0.25, 0.3) is 0 Å². The molecule has 4 heteroatoms. The van der Waals surface area contributed by atoms with Crippen molar-refractivity contribution < 1.29 is 0 Å². The number of benzene rings is 1. The van der Waals surface area contributed by atoms with E-state index in [1.807, 2.05) is 0 Å². The highest BCUT2D eigenvalue weighted by Gasteiger charge is 2.08. The summed E-state index contributed by atoms with van der Waals surface area (Å²) in [6.45, 7) is 2.95. The van der Waals surface area contributed by atoms with Crippen molar-refractivity contribution in [3.63, 3.8) is 0 Å². The molecule has 0 bridgehead atoms. The lowest BCUT2D eigenvalue weighted by molar-refractivity contribution is 0.255. The van der Waals surface area contributed by atoms with E-state index in [-0.39, 0.29) is 5.71 Å². The number of likely N-dealkylation sites (tertiary alicyclic amines) is 1. The van der Waals surface area contributed by atoms with Gasteiger partial charge >= 0.3 is 0 Å². The molecule has 0 atom stereocenters. The average Bonchev–Trinajstić information content (AvgIpc) is 2.42. The molecule has 19 heavy (non-hydrogen) atoms. The van der Waals surface area contributed by atoms with Gasteiger partial charge in [-0.05, 0) is 50.1 Å². The van der Waals surface area contributed by atoms with Crippen molar-refractivity contribution in [3.05, 3.63) is 23.8 Å². The van der Waals surface area contributed by atoms with E-state index in [4.69, 9.17) is 16.9 Å². The van der Waals surface area contributed by atoms with Crippen LogP contribution in [-0.4, -0.2) is 30.2 Å². The molecule has 2 rings (SSSR count). The van der Waals surface area contributed by atoms with Gasteiger partial charge in [0.25, 0.3) is 0 Å². The maximum absolute atomic E-state index is 7.96. The molecule has 0 radical (unpaired) electrons. The molecular weight excluding hydrogens is 236 g/mol. The molecule has 0 aromatic heterocycles. The average molecular weight is 256 g/mol. The monoisotopic (exact) mass is 256 g/mol. The Kier molecular flexibility index (Phi) is 4.43. The molecule has 1 aromatic rings. The molecule has 1 heterocycles. The first kappa shape index (κ1) is 13.4. The Morgan fingerprint density at radius 3 is 2.68 bits per heavy atom. The van der Waals surface area contributed by atoms with Crippen LogP contribution in [0.15, 0.2) is 18.2 Å². The molecule has 4 nitrogen and oxygen atoms in total. The van der Waals surface area contributed by atoms with Crippen molar-refractivity contribution in [3.8, 4) is 11.8 Å². The molecule has 1 aromatic carbocycles. The van der Waals surface area contributed by atoms with E-state index in [2.05, 4.69) is 16.7 Å². The quantitative estimate of drug-likeness (QED) is 0.428. The van der Waals surface area contributed by atoms with Crippen LogP contribution >= 0.6 is 0 Å². The summed E-state index contributed by atoms with van der Waals surface area (Å²) in [6.07, 6.45) is 3.82. The Bertz CT molecular complexity index is 519. The van der Waals surface area contributed by atoms with Gasteiger partial charge in [-0.1, -0.05) is 12.3 Å². The largest absolute Gasteiger partial charge is 0.399 e. The molecule has 0 unspecified atom stereocenters. The molecule has 0 saturated carbocycles. The van der Waals surface area contributed by atoms with Gasteiger partial charge in [-0.3, -0.25) is 10.3 Å². The van der Waals surface area contributed by atoms with Crippen LogP contribution < -0.4 is 11.5 Å². The molecule has 1 saturated heterocycles. The van der Waals surface area contributed by atoms with Gasteiger partial charge < -0.3 is 11.5 Å². The maximum Gasteiger partial charge on any atom is 0.113 e. The normalized spacial score (nSPS) is 15.6. The van der Waals surface area contributed by atoms with Crippen molar-refractivity contribution in [1.29, 1.82) is 5.41 Å². The van der Waals surface area contributed by atoms with E-state index in [9.17, 15) is 0 Å². The van der Waals surface area contributed by atoms with E-state index in [0.717, 1.165) is 19.6 Å². The summed E-state index contributed by atoms with van der Waals surface area (Å²) in [5.41, 5.74) is 13.5. The predicted octanol–water partition coefficient (Wildman–Crippen LogP) is 1.71. The Morgan fingerprint density at radius 2 is 1.95 bits per heavy atom. The zero-order valence-corrected chi connectivity index (χ0v) is 11.1. The van der Waals surface area contributed by atoms with E-state index < -0.39 is 0 Å². The van der Waals surface area contributed by atoms with E-state index in [1.165, 1.54) is 19.3 Å². The number of nitrogen functional groups attached to an aromatic ring is 2. The highest BCUT2D eigenvalue weighted by molar-refractivity contribution is 6.14. The number of rotatable bonds is 2. The van der Waals surface area contributed by atoms with Gasteiger partial charge in [-0.25, -0.2) is 0 Å². The molecule has 0 spiro atoms. The Balaban J connectivity index is 1.98. The summed E-state index contributed by atoms with van der Waals surface area (Å²) >= 11 is 0. The predicted molar refractivity (Wildman–Crippen MR) is 80.2 cm³/mol. The van der Waals surface area contributed by atoms with Crippen molar-refractivity contribution in [2.24, 2.45) is 0 Å². The van der Waals surface area contributed by atoms with Crippen LogP contribution in [0.1, 0.15) is 24.8 Å². The number of nitrogens with two attached hydrogens (primary N) is 2. The number of nitrogens with one attached hydrogen (secondary N) is 1. The van der Waals surface area contributed by atoms with Crippen molar-refractivity contribution in [2.75, 3.05) is 31.1 Å². The first-order chi connectivity index (χ1) is 9.16. The second kappa shape index (κ2) is 6.26. The van der Waals surface area contributed by atoms with Gasteiger partial charge in [0.05, 0.1) is 6.54 Å². The fourth-order valence-electron chi connectivity index (χ4n) is 2.21. The summed E-state index contributed by atoms with van der Waals surface area (Å²) < 4.78 is 0. The summed E-state index contributed by atoms with van der Waals surface area (Å²) in [5, 5.41) is 7.96. The van der Waals surface area contributed by atoms with Crippen molar-refractivity contribution in [1.82, 2.24) is 4.90 Å². The van der Waals surface area contributed by atoms with Crippen molar-refractivity contribution >= 4 is 17.1 Å². The zero-order valence-electron chi connectivity index (χ0n) is 11.1. The third kappa shape index (κ3) is 3.73. The van der Waals surface area contributed by atoms with Crippen LogP contribution in [0, 0.1) is 17.3 Å². The minimum Gasteiger partial charge on any atom is -0.399 e. The smallest absolute Gasteiger partial charge is 0.113 e. The Labute approximate surface area is 114 Å². The maximum atomic E-state index is 7.96. The molecule has 5 N–H and O–H groups in total. The third-order valence-electron chi connectivity index (χ3n) is 3.31. The van der Waals surface area contributed by atoms with Gasteiger partial charge in [0.15, 0.2) is 0 Å². The highest BCUT2D eigenvalue weighted by Crippen LogP contribution is 2.15. The summed E-state index contributed by atoms with van der Waals surface area (Å²) in [6, 6.07) is 5.14. The standard InChI is InChI=1S/C15H20N4/c16-12-6-7-15(18)13(11-12)14(17)5-4-10-19-8-2-1-3-9-19/h6-7,11,17H,1-3,8-10,16,18H2. The van der Waals surface area contributed by atoms with Crippen LogP contribution in [0.3, 0.4) is 0 Å². The first-order valence-electron chi connectivity index (χ1n) is 6.62. The fourth-order valence-corrected chi connectivity index (χ4v) is 2.21. The second-order valence-electron chi connectivity index (χ2n) is 4.86. The van der Waals surface area contributed by atoms with Gasteiger partial charge in [0, 0.05) is 16.9 Å². The lowest BCUT2D eigenvalue weighted by Gasteiger charge is -2.23. The highest BCUT2D eigenvalue weighted by atomic mass is 15.1. The summed E-state index contributed by atoms with van der Waals surface area (Å²) in [4.78, 5) is 2.33. The van der Waals surface area contributed by atoms with Gasteiger partial charge in [-0.15, -0.1) is 0 Å². The molecule has 0 amide bonds. The van der Waals surface area contributed by atoms with Crippen LogP contribution in [-0.2, 0) is 0 Å². The Hall–Kier alpha value is -1.99. The van der Waals surface area contributed by atoms with Crippen LogP contribution in [0.4, 0.5) is 11.4 Å². The van der Waals surface area contributed by atoms with Crippen LogP contribution in [0.5, 0.6) is 0 Å². The molecule has 1 fully saturated rings. The fraction of sp³-hybridized carbons (Fsp3) is 0.400. The Morgan fingerprint density at radius 1 is 1.21 bits per heavy atom. The molecule has 0 aliphatic carbocycles. The second-order valence-corrected chi connectivity index (χ2v) is 4.86.